The van der Waals surface area contributed by atoms with E-state index in [9.17, 15) is 19.5 Å². The van der Waals surface area contributed by atoms with Crippen molar-refractivity contribution < 1.29 is 24.2 Å². The summed E-state index contributed by atoms with van der Waals surface area (Å²) in [5.41, 5.74) is 0. The molecule has 1 rings (SSSR count). The molecule has 1 aliphatic rings. The maximum absolute atomic E-state index is 12.4. The summed E-state index contributed by atoms with van der Waals surface area (Å²) in [6.07, 6.45) is 0. The van der Waals surface area contributed by atoms with Crippen molar-refractivity contribution in [3.05, 3.63) is 0 Å². The quantitative estimate of drug-likeness (QED) is 0.769. The second-order valence-corrected chi connectivity index (χ2v) is 6.09. The van der Waals surface area contributed by atoms with Gasteiger partial charge in [0.05, 0.1) is 12.5 Å². The number of likely N-dealkylation sites (N-methyl/N-ethyl adjacent to an activating group) is 1. The third kappa shape index (κ3) is 3.56. The van der Waals surface area contributed by atoms with E-state index in [1.54, 1.807) is 0 Å². The molecular formula is C12H20N2O5S. The number of hydrogen-bond donors (Lipinski definition) is 1. The molecule has 0 aromatic carbocycles. The van der Waals surface area contributed by atoms with Crippen molar-refractivity contribution in [3.8, 4) is 0 Å². The number of nitrogens with zero attached hydrogens (tertiary/aromatic N) is 2. The molecule has 2 unspecified atom stereocenters. The van der Waals surface area contributed by atoms with Gasteiger partial charge in [0.1, 0.15) is 12.6 Å². The van der Waals surface area contributed by atoms with Crippen molar-refractivity contribution >= 4 is 29.7 Å². The van der Waals surface area contributed by atoms with Crippen LogP contribution in [0, 0.1) is 5.92 Å². The van der Waals surface area contributed by atoms with Crippen LogP contribution in [0.4, 0.5) is 4.79 Å². The number of carbonyl (C=O) groups excluding carboxylic acids is 2. The minimum Gasteiger partial charge on any atom is -0.480 e. The highest BCUT2D eigenvalue weighted by Gasteiger charge is 2.44. The Kier molecular flexibility index (Phi) is 5.67. The number of rotatable bonds is 4. The molecular weight excluding hydrogens is 284 g/mol. The van der Waals surface area contributed by atoms with Crippen LogP contribution < -0.4 is 0 Å². The lowest BCUT2D eigenvalue weighted by atomic mass is 10.1. The first-order valence-corrected chi connectivity index (χ1v) is 7.29. The zero-order chi connectivity index (χ0) is 15.4. The third-order valence-electron chi connectivity index (χ3n) is 3.03. The van der Waals surface area contributed by atoms with E-state index in [-0.39, 0.29) is 17.8 Å². The van der Waals surface area contributed by atoms with Crippen molar-refractivity contribution in [2.75, 3.05) is 26.5 Å². The molecule has 8 heteroatoms. The number of esters is 1. The Morgan fingerprint density at radius 1 is 1.45 bits per heavy atom. The molecule has 20 heavy (non-hydrogen) atoms. The van der Waals surface area contributed by atoms with Gasteiger partial charge >= 0.3 is 18.0 Å². The van der Waals surface area contributed by atoms with Gasteiger partial charge in [-0.2, -0.15) is 0 Å². The maximum Gasteiger partial charge on any atom is 0.327 e. The van der Waals surface area contributed by atoms with E-state index in [1.807, 2.05) is 13.8 Å². The Balaban J connectivity index is 2.88. The number of carbonyl (C=O) groups is 3. The number of methoxy groups -OCH3 is 1. The number of urea groups is 1. The second-order valence-electron chi connectivity index (χ2n) is 4.94. The molecule has 0 aromatic rings. The van der Waals surface area contributed by atoms with Crippen molar-refractivity contribution in [1.82, 2.24) is 9.80 Å². The molecule has 1 heterocycles. The molecule has 2 atom stereocenters. The maximum atomic E-state index is 12.4. The lowest BCUT2D eigenvalue weighted by molar-refractivity contribution is -0.141. The van der Waals surface area contributed by atoms with Crippen molar-refractivity contribution in [2.45, 2.75) is 25.3 Å². The van der Waals surface area contributed by atoms with E-state index >= 15 is 0 Å². The van der Waals surface area contributed by atoms with Gasteiger partial charge in [-0.1, -0.05) is 13.8 Å². The SMILES string of the molecule is COC(=O)CN(C)C(=O)N1C(C(=O)O)CSC1C(C)C. The first kappa shape index (κ1) is 16.6. The molecule has 0 aliphatic carbocycles. The van der Waals surface area contributed by atoms with Crippen LogP contribution in [-0.2, 0) is 14.3 Å². The minimum absolute atomic E-state index is 0.125. The summed E-state index contributed by atoms with van der Waals surface area (Å²) >= 11 is 1.45. The number of amides is 2. The lowest BCUT2D eigenvalue weighted by Crippen LogP contribution is -2.52. The van der Waals surface area contributed by atoms with Crippen molar-refractivity contribution in [1.29, 1.82) is 0 Å². The molecule has 0 spiro atoms. The van der Waals surface area contributed by atoms with Crippen molar-refractivity contribution in [3.63, 3.8) is 0 Å². The van der Waals surface area contributed by atoms with Gasteiger partial charge in [-0.3, -0.25) is 9.69 Å². The Bertz CT molecular complexity index is 401. The largest absolute Gasteiger partial charge is 0.480 e. The molecule has 0 saturated carbocycles. The Labute approximate surface area is 122 Å². The fourth-order valence-electron chi connectivity index (χ4n) is 2.00. The average molecular weight is 304 g/mol. The summed E-state index contributed by atoms with van der Waals surface area (Å²) in [4.78, 5) is 37.4. The molecule has 0 radical (unpaired) electrons. The predicted molar refractivity (Wildman–Crippen MR) is 74.4 cm³/mol. The van der Waals surface area contributed by atoms with Crippen LogP contribution in [0.15, 0.2) is 0 Å². The van der Waals surface area contributed by atoms with Gasteiger partial charge in [-0.15, -0.1) is 11.8 Å². The van der Waals surface area contributed by atoms with Gasteiger partial charge in [-0.25, -0.2) is 9.59 Å². The Morgan fingerprint density at radius 3 is 2.50 bits per heavy atom. The number of carboxylic acids is 1. The molecule has 1 aliphatic heterocycles. The molecule has 1 N–H and O–H groups in total. The Morgan fingerprint density at radius 2 is 2.05 bits per heavy atom. The van der Waals surface area contributed by atoms with Gasteiger partial charge in [0.25, 0.3) is 0 Å². The predicted octanol–water partition coefficient (Wildman–Crippen LogP) is 0.695. The van der Waals surface area contributed by atoms with E-state index in [2.05, 4.69) is 4.74 Å². The number of thioether (sulfide) groups is 1. The fourth-order valence-corrected chi connectivity index (χ4v) is 3.46. The van der Waals surface area contributed by atoms with Gasteiger partial charge in [0.2, 0.25) is 0 Å². The molecule has 1 saturated heterocycles. The van der Waals surface area contributed by atoms with Crippen molar-refractivity contribution in [2.24, 2.45) is 5.92 Å². The standard InChI is InChI=1S/C12H20N2O5S/c1-7(2)10-14(8(6-20-10)11(16)17)12(18)13(3)5-9(15)19-4/h7-8,10H,5-6H2,1-4H3,(H,16,17). The number of carboxylic acid groups (broad SMARTS) is 1. The highest BCUT2D eigenvalue weighted by atomic mass is 32.2. The molecule has 7 nitrogen and oxygen atoms in total. The highest BCUT2D eigenvalue weighted by molar-refractivity contribution is 8.00. The van der Waals surface area contributed by atoms with E-state index in [4.69, 9.17) is 0 Å². The smallest absolute Gasteiger partial charge is 0.327 e. The first-order chi connectivity index (χ1) is 9.29. The van der Waals surface area contributed by atoms with Gasteiger partial charge in [0.15, 0.2) is 0 Å². The van der Waals surface area contributed by atoms with Crippen LogP contribution in [0.5, 0.6) is 0 Å². The summed E-state index contributed by atoms with van der Waals surface area (Å²) in [6.45, 7) is 3.67. The zero-order valence-electron chi connectivity index (χ0n) is 12.0. The first-order valence-electron chi connectivity index (χ1n) is 6.24. The third-order valence-corrected chi connectivity index (χ3v) is 4.65. The van der Waals surface area contributed by atoms with Gasteiger partial charge in [-0.05, 0) is 5.92 Å². The average Bonchev–Trinajstić information content (AvgIpc) is 2.82. The van der Waals surface area contributed by atoms with Crippen LogP contribution in [0.25, 0.3) is 0 Å². The summed E-state index contributed by atoms with van der Waals surface area (Å²) in [5.74, 6) is -1.09. The zero-order valence-corrected chi connectivity index (χ0v) is 12.8. The molecule has 0 bridgehead atoms. The summed E-state index contributed by atoms with van der Waals surface area (Å²) < 4.78 is 4.51. The monoisotopic (exact) mass is 304 g/mol. The summed E-state index contributed by atoms with van der Waals surface area (Å²) in [6, 6.07) is -1.33. The molecule has 114 valence electrons. The minimum atomic E-state index is -1.03. The fraction of sp³-hybridized carbons (Fsp3) is 0.750. The van der Waals surface area contributed by atoms with Crippen LogP contribution in [-0.4, -0.2) is 70.7 Å². The number of hydrogen-bond acceptors (Lipinski definition) is 5. The topological polar surface area (TPSA) is 87.2 Å². The summed E-state index contributed by atoms with van der Waals surface area (Å²) in [7, 11) is 2.70. The Hall–Kier alpha value is -1.44. The second kappa shape index (κ2) is 6.83. The van der Waals surface area contributed by atoms with E-state index < -0.39 is 24.0 Å². The summed E-state index contributed by atoms with van der Waals surface area (Å²) in [5, 5.41) is 9.02. The van der Waals surface area contributed by atoms with E-state index in [0.29, 0.717) is 5.75 Å². The van der Waals surface area contributed by atoms with Crippen LogP contribution in [0.2, 0.25) is 0 Å². The van der Waals surface area contributed by atoms with Crippen LogP contribution >= 0.6 is 11.8 Å². The van der Waals surface area contributed by atoms with Gasteiger partial charge < -0.3 is 14.7 Å². The molecule has 0 aromatic heterocycles. The lowest BCUT2D eigenvalue weighted by Gasteiger charge is -2.32. The molecule has 1 fully saturated rings. The number of ether oxygens (including phenoxy) is 1. The van der Waals surface area contributed by atoms with E-state index in [0.717, 1.165) is 0 Å². The number of aliphatic carboxylic acids is 1. The normalized spacial score (nSPS) is 21.9. The molecule has 2 amide bonds. The van der Waals surface area contributed by atoms with Crippen LogP contribution in [0.3, 0.4) is 0 Å². The van der Waals surface area contributed by atoms with Gasteiger partial charge in [0, 0.05) is 12.8 Å². The highest BCUT2D eigenvalue weighted by Crippen LogP contribution is 2.34. The van der Waals surface area contributed by atoms with Crippen LogP contribution in [0.1, 0.15) is 13.8 Å². The van der Waals surface area contributed by atoms with E-state index in [1.165, 1.54) is 35.7 Å².